The highest BCUT2D eigenvalue weighted by Gasteiger charge is 2.04. The van der Waals surface area contributed by atoms with Crippen molar-refractivity contribution in [3.63, 3.8) is 0 Å². The fourth-order valence-electron chi connectivity index (χ4n) is 2.26. The van der Waals surface area contributed by atoms with E-state index < -0.39 is 0 Å². The van der Waals surface area contributed by atoms with Crippen molar-refractivity contribution in [1.82, 2.24) is 0 Å². The monoisotopic (exact) mass is 318 g/mol. The van der Waals surface area contributed by atoms with Crippen molar-refractivity contribution in [2.45, 2.75) is 19.4 Å². The van der Waals surface area contributed by atoms with E-state index in [2.05, 4.69) is 0 Å². The van der Waals surface area contributed by atoms with Gasteiger partial charge in [0.15, 0.2) is 23.0 Å². The molecule has 0 amide bonds. The van der Waals surface area contributed by atoms with Gasteiger partial charge < -0.3 is 24.4 Å². The van der Waals surface area contributed by atoms with E-state index in [0.717, 1.165) is 24.0 Å². The van der Waals surface area contributed by atoms with Crippen LogP contribution in [0.4, 0.5) is 0 Å². The predicted octanol–water partition coefficient (Wildman–Crippen LogP) is 3.26. The zero-order valence-corrected chi connectivity index (χ0v) is 13.4. The minimum absolute atomic E-state index is 0.123. The maximum Gasteiger partial charge on any atom is 0.160 e. The van der Waals surface area contributed by atoms with Gasteiger partial charge in [0.2, 0.25) is 0 Å². The first kappa shape index (κ1) is 17.0. The Bertz CT molecular complexity index is 584. The highest BCUT2D eigenvalue weighted by molar-refractivity contribution is 5.42. The molecule has 124 valence electrons. The Kier molecular flexibility index (Phi) is 6.11. The normalized spacial score (nSPS) is 10.5. The fourth-order valence-corrected chi connectivity index (χ4v) is 2.26. The number of methoxy groups -OCH3 is 2. The molecule has 23 heavy (non-hydrogen) atoms. The number of benzene rings is 2. The molecule has 0 saturated carbocycles. The predicted molar refractivity (Wildman–Crippen MR) is 87.3 cm³/mol. The lowest BCUT2D eigenvalue weighted by Gasteiger charge is -2.09. The van der Waals surface area contributed by atoms with Gasteiger partial charge in [0, 0.05) is 6.61 Å². The van der Waals surface area contributed by atoms with Crippen LogP contribution >= 0.6 is 0 Å². The smallest absolute Gasteiger partial charge is 0.160 e. The van der Waals surface area contributed by atoms with Crippen LogP contribution in [0.5, 0.6) is 23.0 Å². The lowest BCUT2D eigenvalue weighted by Crippen LogP contribution is -1.98. The first-order valence-electron chi connectivity index (χ1n) is 7.43. The van der Waals surface area contributed by atoms with Crippen LogP contribution in [0.25, 0.3) is 0 Å². The quantitative estimate of drug-likeness (QED) is 0.731. The third kappa shape index (κ3) is 4.79. The molecule has 0 fully saturated rings. The molecule has 2 aromatic carbocycles. The molecule has 5 heteroatoms. The molecule has 0 radical (unpaired) electrons. The Labute approximate surface area is 136 Å². The molecule has 0 aliphatic carbocycles. The van der Waals surface area contributed by atoms with Gasteiger partial charge in [-0.2, -0.15) is 0 Å². The summed E-state index contributed by atoms with van der Waals surface area (Å²) in [6, 6.07) is 10.5. The van der Waals surface area contributed by atoms with E-state index in [1.54, 1.807) is 18.2 Å². The number of phenolic OH excluding ortho intramolecular Hbond substituents is 2. The lowest BCUT2D eigenvalue weighted by atomic mass is 10.1. The number of hydrogen-bond acceptors (Lipinski definition) is 5. The number of rotatable bonds is 8. The van der Waals surface area contributed by atoms with Crippen molar-refractivity contribution in [2.24, 2.45) is 0 Å². The summed E-state index contributed by atoms with van der Waals surface area (Å²) in [7, 11) is 3.06. The van der Waals surface area contributed by atoms with Crippen molar-refractivity contribution in [3.8, 4) is 23.0 Å². The third-order valence-electron chi connectivity index (χ3n) is 3.51. The summed E-state index contributed by atoms with van der Waals surface area (Å²) in [4.78, 5) is 0. The van der Waals surface area contributed by atoms with E-state index in [4.69, 9.17) is 14.2 Å². The molecule has 0 spiro atoms. The molecule has 0 unspecified atom stereocenters. The Morgan fingerprint density at radius 2 is 1.39 bits per heavy atom. The highest BCUT2D eigenvalue weighted by atomic mass is 16.5. The SMILES string of the molecule is COc1cc(CCCOCc2ccc(O)c(OC)c2)ccc1O. The Hall–Kier alpha value is -2.40. The lowest BCUT2D eigenvalue weighted by molar-refractivity contribution is 0.118. The van der Waals surface area contributed by atoms with Gasteiger partial charge in [-0.05, 0) is 48.2 Å². The van der Waals surface area contributed by atoms with E-state index in [0.29, 0.717) is 24.7 Å². The fraction of sp³-hybridized carbons (Fsp3) is 0.333. The van der Waals surface area contributed by atoms with Crippen molar-refractivity contribution in [3.05, 3.63) is 47.5 Å². The van der Waals surface area contributed by atoms with Gasteiger partial charge in [-0.1, -0.05) is 12.1 Å². The average Bonchev–Trinajstić information content (AvgIpc) is 2.57. The summed E-state index contributed by atoms with van der Waals surface area (Å²) in [5, 5.41) is 19.1. The summed E-state index contributed by atoms with van der Waals surface area (Å²) in [6.45, 7) is 1.09. The Morgan fingerprint density at radius 3 is 2.00 bits per heavy atom. The van der Waals surface area contributed by atoms with Gasteiger partial charge in [-0.3, -0.25) is 0 Å². The third-order valence-corrected chi connectivity index (χ3v) is 3.51. The standard InChI is InChI=1S/C18H22O5/c1-21-17-10-13(5-7-15(17)19)4-3-9-23-12-14-6-8-16(20)18(11-14)22-2/h5-8,10-11,19-20H,3-4,9,12H2,1-2H3. The second-order valence-corrected chi connectivity index (χ2v) is 5.17. The number of phenols is 2. The van der Waals surface area contributed by atoms with Gasteiger partial charge in [-0.25, -0.2) is 0 Å². The number of aromatic hydroxyl groups is 2. The Balaban J connectivity index is 1.75. The van der Waals surface area contributed by atoms with E-state index in [1.807, 2.05) is 18.2 Å². The molecule has 0 aliphatic heterocycles. The number of ether oxygens (including phenoxy) is 3. The Morgan fingerprint density at radius 1 is 0.826 bits per heavy atom. The average molecular weight is 318 g/mol. The molecule has 2 N–H and O–H groups in total. The molecular weight excluding hydrogens is 296 g/mol. The van der Waals surface area contributed by atoms with Crippen LogP contribution in [-0.4, -0.2) is 31.0 Å². The highest BCUT2D eigenvalue weighted by Crippen LogP contribution is 2.27. The molecule has 2 rings (SSSR count). The van der Waals surface area contributed by atoms with E-state index >= 15 is 0 Å². The van der Waals surface area contributed by atoms with Gasteiger partial charge in [-0.15, -0.1) is 0 Å². The summed E-state index contributed by atoms with van der Waals surface area (Å²) in [5.41, 5.74) is 2.04. The number of aryl methyl sites for hydroxylation is 1. The maximum absolute atomic E-state index is 9.56. The largest absolute Gasteiger partial charge is 0.504 e. The summed E-state index contributed by atoms with van der Waals surface area (Å²) < 4.78 is 15.8. The zero-order chi connectivity index (χ0) is 16.7. The van der Waals surface area contributed by atoms with Crippen LogP contribution in [0.1, 0.15) is 17.5 Å². The maximum atomic E-state index is 9.56. The molecule has 0 bridgehead atoms. The molecule has 5 nitrogen and oxygen atoms in total. The first-order valence-corrected chi connectivity index (χ1v) is 7.43. The van der Waals surface area contributed by atoms with Gasteiger partial charge in [0.1, 0.15) is 0 Å². The molecule has 0 aliphatic rings. The second kappa shape index (κ2) is 8.29. The van der Waals surface area contributed by atoms with Crippen LogP contribution in [0.3, 0.4) is 0 Å². The molecular formula is C18H22O5. The molecule has 0 saturated heterocycles. The van der Waals surface area contributed by atoms with Gasteiger partial charge in [0.25, 0.3) is 0 Å². The summed E-state index contributed by atoms with van der Waals surface area (Å²) in [5.74, 6) is 1.20. The molecule has 0 aromatic heterocycles. The van der Waals surface area contributed by atoms with Gasteiger partial charge in [0.05, 0.1) is 20.8 Å². The van der Waals surface area contributed by atoms with Crippen molar-refractivity contribution >= 4 is 0 Å². The van der Waals surface area contributed by atoms with Crippen LogP contribution < -0.4 is 9.47 Å². The minimum atomic E-state index is 0.123. The molecule has 0 heterocycles. The molecule has 0 atom stereocenters. The minimum Gasteiger partial charge on any atom is -0.504 e. The van der Waals surface area contributed by atoms with E-state index in [9.17, 15) is 10.2 Å². The van der Waals surface area contributed by atoms with Crippen molar-refractivity contribution < 1.29 is 24.4 Å². The second-order valence-electron chi connectivity index (χ2n) is 5.17. The zero-order valence-electron chi connectivity index (χ0n) is 13.4. The van der Waals surface area contributed by atoms with Crippen molar-refractivity contribution in [1.29, 1.82) is 0 Å². The van der Waals surface area contributed by atoms with E-state index in [-0.39, 0.29) is 11.5 Å². The van der Waals surface area contributed by atoms with Crippen LogP contribution in [-0.2, 0) is 17.8 Å². The number of hydrogen-bond donors (Lipinski definition) is 2. The van der Waals surface area contributed by atoms with Crippen LogP contribution in [0.2, 0.25) is 0 Å². The molecule has 2 aromatic rings. The van der Waals surface area contributed by atoms with Gasteiger partial charge >= 0.3 is 0 Å². The van der Waals surface area contributed by atoms with Crippen molar-refractivity contribution in [2.75, 3.05) is 20.8 Å². The topological polar surface area (TPSA) is 68.2 Å². The van der Waals surface area contributed by atoms with Crippen LogP contribution in [0.15, 0.2) is 36.4 Å². The van der Waals surface area contributed by atoms with E-state index in [1.165, 1.54) is 14.2 Å². The van der Waals surface area contributed by atoms with Crippen LogP contribution in [0, 0.1) is 0 Å². The summed E-state index contributed by atoms with van der Waals surface area (Å²) in [6.07, 6.45) is 1.71. The first-order chi connectivity index (χ1) is 11.1. The summed E-state index contributed by atoms with van der Waals surface area (Å²) >= 11 is 0.